The maximum atomic E-state index is 13.2. The van der Waals surface area contributed by atoms with E-state index in [1.165, 1.54) is 19.4 Å². The van der Waals surface area contributed by atoms with Crippen molar-refractivity contribution in [2.24, 2.45) is 0 Å². The Morgan fingerprint density at radius 2 is 2.19 bits per heavy atom. The Morgan fingerprint density at radius 1 is 1.43 bits per heavy atom. The molecule has 0 aliphatic carbocycles. The third kappa shape index (κ3) is 3.11. The van der Waals surface area contributed by atoms with Crippen molar-refractivity contribution in [1.29, 1.82) is 0 Å². The normalized spacial score (nSPS) is 10.0. The van der Waals surface area contributed by atoms with Crippen LogP contribution in [0.1, 0.15) is 10.4 Å². The van der Waals surface area contributed by atoms with Crippen molar-refractivity contribution in [3.63, 3.8) is 0 Å². The first-order valence-corrected chi connectivity index (χ1v) is 5.77. The van der Waals surface area contributed by atoms with Gasteiger partial charge in [-0.15, -0.1) is 0 Å². The number of benzene rings is 1. The lowest BCUT2D eigenvalue weighted by molar-refractivity contribution is -0.385. The average Bonchev–Trinajstić information content (AvgIpc) is 2.47. The Balaban J connectivity index is 2.37. The summed E-state index contributed by atoms with van der Waals surface area (Å²) >= 11 is 0. The van der Waals surface area contributed by atoms with E-state index in [0.29, 0.717) is 0 Å². The van der Waals surface area contributed by atoms with Crippen molar-refractivity contribution < 1.29 is 18.8 Å². The Morgan fingerprint density at radius 3 is 2.86 bits per heavy atom. The second-order valence-electron chi connectivity index (χ2n) is 3.93. The van der Waals surface area contributed by atoms with E-state index in [0.717, 1.165) is 18.2 Å². The van der Waals surface area contributed by atoms with Gasteiger partial charge in [-0.3, -0.25) is 14.9 Å². The van der Waals surface area contributed by atoms with Gasteiger partial charge in [-0.2, -0.15) is 0 Å². The van der Waals surface area contributed by atoms with Gasteiger partial charge in [0, 0.05) is 12.3 Å². The summed E-state index contributed by atoms with van der Waals surface area (Å²) in [7, 11) is 1.36. The topological polar surface area (TPSA) is 94.4 Å². The number of hydrogen-bond acceptors (Lipinski definition) is 5. The molecule has 0 aliphatic rings. The van der Waals surface area contributed by atoms with Gasteiger partial charge in [0.15, 0.2) is 0 Å². The lowest BCUT2D eigenvalue weighted by Gasteiger charge is -2.09. The van der Waals surface area contributed by atoms with Crippen LogP contribution < -0.4 is 10.1 Å². The molecule has 0 aliphatic heterocycles. The highest BCUT2D eigenvalue weighted by atomic mass is 19.1. The molecule has 21 heavy (non-hydrogen) atoms. The number of carbonyl (C=O) groups is 1. The highest BCUT2D eigenvalue weighted by molar-refractivity contribution is 6.07. The smallest absolute Gasteiger partial charge is 0.282 e. The van der Waals surface area contributed by atoms with Gasteiger partial charge in [-0.25, -0.2) is 9.37 Å². The van der Waals surface area contributed by atoms with Gasteiger partial charge in [0.2, 0.25) is 5.88 Å². The van der Waals surface area contributed by atoms with Crippen molar-refractivity contribution in [3.8, 4) is 5.88 Å². The van der Waals surface area contributed by atoms with Gasteiger partial charge >= 0.3 is 0 Å². The number of methoxy groups -OCH3 is 1. The lowest BCUT2D eigenvalue weighted by atomic mass is 10.1. The number of ether oxygens (including phenoxy) is 1. The minimum atomic E-state index is -0.826. The molecule has 108 valence electrons. The van der Waals surface area contributed by atoms with Crippen LogP contribution in [0.5, 0.6) is 5.88 Å². The Kier molecular flexibility index (Phi) is 4.07. The summed E-state index contributed by atoms with van der Waals surface area (Å²) in [5, 5.41) is 13.3. The molecule has 0 bridgehead atoms. The van der Waals surface area contributed by atoms with Crippen molar-refractivity contribution >= 4 is 17.3 Å². The first-order chi connectivity index (χ1) is 10.0. The molecule has 0 spiro atoms. The number of anilines is 1. The lowest BCUT2D eigenvalue weighted by Crippen LogP contribution is -2.15. The van der Waals surface area contributed by atoms with Crippen molar-refractivity contribution in [3.05, 3.63) is 58.0 Å². The standard InChI is InChI=1S/C13H10FN3O4/c1-21-13-10(3-2-6-15-13)16-12(18)9-7-8(14)4-5-11(9)17(19)20/h2-7H,1H3,(H,16,18). The summed E-state index contributed by atoms with van der Waals surface area (Å²) in [6.07, 6.45) is 1.46. The molecule has 7 nitrogen and oxygen atoms in total. The molecule has 0 radical (unpaired) electrons. The van der Waals surface area contributed by atoms with E-state index in [1.807, 2.05) is 0 Å². The van der Waals surface area contributed by atoms with Crippen LogP contribution in [0.4, 0.5) is 15.8 Å². The van der Waals surface area contributed by atoms with Gasteiger partial charge in [0.1, 0.15) is 17.1 Å². The second-order valence-corrected chi connectivity index (χ2v) is 3.93. The number of carbonyl (C=O) groups excluding carboxylic acids is 1. The van der Waals surface area contributed by atoms with Crippen LogP contribution in [0.25, 0.3) is 0 Å². The molecule has 0 fully saturated rings. The third-order valence-electron chi connectivity index (χ3n) is 2.61. The Hall–Kier alpha value is -3.03. The SMILES string of the molecule is COc1ncccc1NC(=O)c1cc(F)ccc1[N+](=O)[O-]. The van der Waals surface area contributed by atoms with E-state index >= 15 is 0 Å². The molecule has 1 amide bonds. The highest BCUT2D eigenvalue weighted by Gasteiger charge is 2.22. The number of nitrogens with one attached hydrogen (secondary N) is 1. The molecule has 0 saturated carbocycles. The van der Waals surface area contributed by atoms with E-state index in [1.54, 1.807) is 6.07 Å². The van der Waals surface area contributed by atoms with Gasteiger partial charge in [0.05, 0.1) is 12.0 Å². The highest BCUT2D eigenvalue weighted by Crippen LogP contribution is 2.24. The van der Waals surface area contributed by atoms with E-state index in [9.17, 15) is 19.3 Å². The number of aromatic nitrogens is 1. The first-order valence-electron chi connectivity index (χ1n) is 5.77. The average molecular weight is 291 g/mol. The van der Waals surface area contributed by atoms with Gasteiger partial charge < -0.3 is 10.1 Å². The summed E-state index contributed by atoms with van der Waals surface area (Å²) < 4.78 is 18.2. The number of hydrogen-bond donors (Lipinski definition) is 1. The molecule has 1 aromatic heterocycles. The van der Waals surface area contributed by atoms with Crippen molar-refractivity contribution in [2.75, 3.05) is 12.4 Å². The molecule has 2 aromatic rings. The monoisotopic (exact) mass is 291 g/mol. The summed E-state index contributed by atoms with van der Waals surface area (Å²) in [6, 6.07) is 5.72. The van der Waals surface area contributed by atoms with Crippen LogP contribution in [-0.2, 0) is 0 Å². The molecular weight excluding hydrogens is 281 g/mol. The number of halogens is 1. The molecule has 8 heteroatoms. The fourth-order valence-corrected chi connectivity index (χ4v) is 1.69. The number of rotatable bonds is 4. The van der Waals surface area contributed by atoms with Gasteiger partial charge in [-0.1, -0.05) is 0 Å². The minimum absolute atomic E-state index is 0.143. The first kappa shape index (κ1) is 14.4. The third-order valence-corrected chi connectivity index (χ3v) is 2.61. The van der Waals surface area contributed by atoms with E-state index in [4.69, 9.17) is 4.74 Å². The maximum absolute atomic E-state index is 13.2. The number of nitrogens with zero attached hydrogens (tertiary/aromatic N) is 2. The molecule has 2 rings (SSSR count). The minimum Gasteiger partial charge on any atom is -0.480 e. The van der Waals surface area contributed by atoms with Crippen LogP contribution in [0.3, 0.4) is 0 Å². The predicted octanol–water partition coefficient (Wildman–Crippen LogP) is 2.39. The molecular formula is C13H10FN3O4. The summed E-state index contributed by atoms with van der Waals surface area (Å²) in [4.78, 5) is 26.1. The van der Waals surface area contributed by atoms with Crippen LogP contribution in [0, 0.1) is 15.9 Å². The molecule has 0 atom stereocenters. The largest absolute Gasteiger partial charge is 0.480 e. The molecule has 0 unspecified atom stereocenters. The van der Waals surface area contributed by atoms with Gasteiger partial charge in [0.25, 0.3) is 11.6 Å². The Labute approximate surface area is 118 Å². The fourth-order valence-electron chi connectivity index (χ4n) is 1.69. The summed E-state index contributed by atoms with van der Waals surface area (Å²) in [6.45, 7) is 0. The number of pyridine rings is 1. The van der Waals surface area contributed by atoms with Crippen LogP contribution in [0.2, 0.25) is 0 Å². The van der Waals surface area contributed by atoms with Crippen LogP contribution >= 0.6 is 0 Å². The van der Waals surface area contributed by atoms with E-state index < -0.39 is 22.3 Å². The number of nitro groups is 1. The second kappa shape index (κ2) is 5.95. The van der Waals surface area contributed by atoms with Crippen molar-refractivity contribution in [1.82, 2.24) is 4.98 Å². The molecule has 0 saturated heterocycles. The zero-order valence-corrected chi connectivity index (χ0v) is 10.9. The fraction of sp³-hybridized carbons (Fsp3) is 0.0769. The zero-order chi connectivity index (χ0) is 15.4. The van der Waals surface area contributed by atoms with Crippen molar-refractivity contribution in [2.45, 2.75) is 0 Å². The quantitative estimate of drug-likeness (QED) is 0.689. The van der Waals surface area contributed by atoms with E-state index in [-0.39, 0.29) is 17.1 Å². The van der Waals surface area contributed by atoms with Crippen LogP contribution in [0.15, 0.2) is 36.5 Å². The number of nitro benzene ring substituents is 1. The predicted molar refractivity (Wildman–Crippen MR) is 71.8 cm³/mol. The molecule has 1 aromatic carbocycles. The summed E-state index contributed by atoms with van der Waals surface area (Å²) in [5.74, 6) is -1.43. The van der Waals surface area contributed by atoms with Crippen LogP contribution in [-0.4, -0.2) is 22.9 Å². The molecule has 1 heterocycles. The van der Waals surface area contributed by atoms with Gasteiger partial charge in [-0.05, 0) is 24.3 Å². The zero-order valence-electron chi connectivity index (χ0n) is 10.9. The summed E-state index contributed by atoms with van der Waals surface area (Å²) in [5.41, 5.74) is -0.647. The molecule has 1 N–H and O–H groups in total. The van der Waals surface area contributed by atoms with E-state index in [2.05, 4.69) is 10.3 Å². The maximum Gasteiger partial charge on any atom is 0.282 e. The number of amides is 1. The Bertz CT molecular complexity index is 706.